The summed E-state index contributed by atoms with van der Waals surface area (Å²) in [6.07, 6.45) is 1.01. The van der Waals surface area contributed by atoms with Crippen molar-refractivity contribution >= 4 is 34.6 Å². The first-order chi connectivity index (χ1) is 10.1. The maximum absolute atomic E-state index is 6.18. The minimum atomic E-state index is 0.680. The first-order valence-electron chi connectivity index (χ1n) is 6.94. The smallest absolute Gasteiger partial charge is 0.173 e. The van der Waals surface area contributed by atoms with Gasteiger partial charge in [-0.15, -0.1) is 0 Å². The summed E-state index contributed by atoms with van der Waals surface area (Å²) in [4.78, 5) is 1.98. The van der Waals surface area contributed by atoms with Crippen molar-refractivity contribution in [1.82, 2.24) is 4.90 Å². The zero-order valence-electron chi connectivity index (χ0n) is 12.3. The molecule has 2 aromatic rings. The molecular formula is C17H19ClN2S. The molecule has 0 heterocycles. The van der Waals surface area contributed by atoms with Crippen LogP contribution in [0.15, 0.2) is 48.5 Å². The van der Waals surface area contributed by atoms with E-state index in [-0.39, 0.29) is 0 Å². The molecule has 0 aromatic heterocycles. The highest BCUT2D eigenvalue weighted by molar-refractivity contribution is 7.80. The van der Waals surface area contributed by atoms with Gasteiger partial charge in [0.05, 0.1) is 0 Å². The Balaban J connectivity index is 2.01. The molecule has 0 fully saturated rings. The second-order valence-corrected chi connectivity index (χ2v) is 5.73. The molecule has 0 aliphatic heterocycles. The second kappa shape index (κ2) is 7.43. The van der Waals surface area contributed by atoms with Crippen molar-refractivity contribution in [1.29, 1.82) is 0 Å². The molecule has 21 heavy (non-hydrogen) atoms. The molecule has 0 aliphatic rings. The normalized spacial score (nSPS) is 10.2. The van der Waals surface area contributed by atoms with Crippen molar-refractivity contribution in [2.75, 3.05) is 12.4 Å². The van der Waals surface area contributed by atoms with Gasteiger partial charge in [-0.05, 0) is 48.0 Å². The van der Waals surface area contributed by atoms with Gasteiger partial charge >= 0.3 is 0 Å². The summed E-state index contributed by atoms with van der Waals surface area (Å²) in [5.74, 6) is 0. The Kier molecular flexibility index (Phi) is 5.59. The molecule has 0 atom stereocenters. The first kappa shape index (κ1) is 15.8. The zero-order chi connectivity index (χ0) is 15.2. The van der Waals surface area contributed by atoms with Crippen molar-refractivity contribution in [2.45, 2.75) is 19.9 Å². The number of nitrogens with one attached hydrogen (secondary N) is 1. The lowest BCUT2D eigenvalue weighted by Crippen LogP contribution is -2.30. The van der Waals surface area contributed by atoms with Gasteiger partial charge in [-0.25, -0.2) is 0 Å². The van der Waals surface area contributed by atoms with E-state index >= 15 is 0 Å². The molecule has 0 unspecified atom stereocenters. The van der Waals surface area contributed by atoms with E-state index in [4.69, 9.17) is 23.8 Å². The molecule has 4 heteroatoms. The fraction of sp³-hybridized carbons (Fsp3) is 0.235. The van der Waals surface area contributed by atoms with E-state index in [1.807, 2.05) is 48.3 Å². The van der Waals surface area contributed by atoms with Crippen LogP contribution in [0.1, 0.15) is 18.1 Å². The van der Waals surface area contributed by atoms with Gasteiger partial charge in [0.15, 0.2) is 5.11 Å². The quantitative estimate of drug-likeness (QED) is 0.820. The molecule has 0 aliphatic carbocycles. The number of benzene rings is 2. The third-order valence-corrected chi connectivity index (χ3v) is 4.08. The van der Waals surface area contributed by atoms with Crippen LogP contribution in [-0.4, -0.2) is 17.1 Å². The monoisotopic (exact) mass is 318 g/mol. The largest absolute Gasteiger partial charge is 0.348 e. The topological polar surface area (TPSA) is 15.3 Å². The maximum Gasteiger partial charge on any atom is 0.173 e. The van der Waals surface area contributed by atoms with Gasteiger partial charge in [0.1, 0.15) is 0 Å². The fourth-order valence-electron chi connectivity index (χ4n) is 2.04. The van der Waals surface area contributed by atoms with Crippen molar-refractivity contribution in [3.05, 3.63) is 64.7 Å². The molecule has 0 spiro atoms. The summed E-state index contributed by atoms with van der Waals surface area (Å²) in [5.41, 5.74) is 3.37. The van der Waals surface area contributed by atoms with Crippen LogP contribution in [0.5, 0.6) is 0 Å². The van der Waals surface area contributed by atoms with Crippen LogP contribution in [0.25, 0.3) is 0 Å². The van der Waals surface area contributed by atoms with Gasteiger partial charge in [-0.3, -0.25) is 0 Å². The highest BCUT2D eigenvalue weighted by atomic mass is 35.5. The van der Waals surface area contributed by atoms with E-state index in [0.29, 0.717) is 11.7 Å². The van der Waals surface area contributed by atoms with Gasteiger partial charge in [-0.1, -0.05) is 48.9 Å². The Hall–Kier alpha value is -1.58. The minimum absolute atomic E-state index is 0.680. The number of anilines is 1. The summed E-state index contributed by atoms with van der Waals surface area (Å²) in [6.45, 7) is 2.82. The van der Waals surface area contributed by atoms with Crippen molar-refractivity contribution in [2.24, 2.45) is 0 Å². The molecule has 0 amide bonds. The molecule has 2 aromatic carbocycles. The molecule has 2 nitrogen and oxygen atoms in total. The van der Waals surface area contributed by atoms with Crippen molar-refractivity contribution < 1.29 is 0 Å². The number of halogens is 1. The number of hydrogen-bond acceptors (Lipinski definition) is 1. The SMILES string of the molecule is CCc1cccc(NC(=S)N(C)Cc2ccccc2Cl)c1. The van der Waals surface area contributed by atoms with Gasteiger partial charge in [0.2, 0.25) is 0 Å². The van der Waals surface area contributed by atoms with E-state index in [1.165, 1.54) is 5.56 Å². The van der Waals surface area contributed by atoms with E-state index in [0.717, 1.165) is 22.7 Å². The van der Waals surface area contributed by atoms with Crippen molar-refractivity contribution in [3.8, 4) is 0 Å². The number of thiocarbonyl (C=S) groups is 1. The lowest BCUT2D eigenvalue weighted by atomic mass is 10.1. The summed E-state index contributed by atoms with van der Waals surface area (Å²) in [6, 6.07) is 16.1. The molecule has 2 rings (SSSR count). The number of nitrogens with zero attached hydrogens (tertiary/aromatic N) is 1. The average Bonchev–Trinajstić information content (AvgIpc) is 2.49. The first-order valence-corrected chi connectivity index (χ1v) is 7.73. The van der Waals surface area contributed by atoms with Crippen LogP contribution in [0.4, 0.5) is 5.69 Å². The lowest BCUT2D eigenvalue weighted by Gasteiger charge is -2.22. The second-order valence-electron chi connectivity index (χ2n) is 4.93. The predicted molar refractivity (Wildman–Crippen MR) is 95.0 cm³/mol. The van der Waals surface area contributed by atoms with Gasteiger partial charge in [-0.2, -0.15) is 0 Å². The summed E-state index contributed by atoms with van der Waals surface area (Å²) in [7, 11) is 1.96. The van der Waals surface area contributed by atoms with Crippen molar-refractivity contribution in [3.63, 3.8) is 0 Å². The third-order valence-electron chi connectivity index (χ3n) is 3.30. The molecule has 0 radical (unpaired) electrons. The Bertz CT molecular complexity index is 628. The standard InChI is InChI=1S/C17H19ClN2S/c1-3-13-7-6-9-15(11-13)19-17(21)20(2)12-14-8-4-5-10-16(14)18/h4-11H,3,12H2,1-2H3,(H,19,21). The van der Waals surface area contributed by atoms with Gasteiger partial charge in [0.25, 0.3) is 0 Å². The Morgan fingerprint density at radius 3 is 2.67 bits per heavy atom. The molecular weight excluding hydrogens is 300 g/mol. The Morgan fingerprint density at radius 2 is 1.95 bits per heavy atom. The fourth-order valence-corrected chi connectivity index (χ4v) is 2.42. The number of hydrogen-bond donors (Lipinski definition) is 1. The maximum atomic E-state index is 6.18. The molecule has 110 valence electrons. The zero-order valence-corrected chi connectivity index (χ0v) is 13.8. The summed E-state index contributed by atoms with van der Waals surface area (Å²) >= 11 is 11.6. The Morgan fingerprint density at radius 1 is 1.19 bits per heavy atom. The molecule has 0 bridgehead atoms. The highest BCUT2D eigenvalue weighted by Crippen LogP contribution is 2.17. The van der Waals surface area contributed by atoms with Crippen LogP contribution in [0.3, 0.4) is 0 Å². The summed E-state index contributed by atoms with van der Waals surface area (Å²) in [5, 5.41) is 4.72. The van der Waals surface area contributed by atoms with Crippen LogP contribution < -0.4 is 5.32 Å². The molecule has 0 saturated carbocycles. The number of rotatable bonds is 4. The van der Waals surface area contributed by atoms with Crippen LogP contribution in [-0.2, 0) is 13.0 Å². The van der Waals surface area contributed by atoms with E-state index < -0.39 is 0 Å². The molecule has 1 N–H and O–H groups in total. The number of aryl methyl sites for hydroxylation is 1. The van der Waals surface area contributed by atoms with E-state index in [1.54, 1.807) is 0 Å². The van der Waals surface area contributed by atoms with Crippen LogP contribution in [0, 0.1) is 0 Å². The molecule has 0 saturated heterocycles. The predicted octanol–water partition coefficient (Wildman–Crippen LogP) is 4.73. The highest BCUT2D eigenvalue weighted by Gasteiger charge is 2.08. The van der Waals surface area contributed by atoms with Gasteiger partial charge < -0.3 is 10.2 Å². The van der Waals surface area contributed by atoms with E-state index in [9.17, 15) is 0 Å². The van der Waals surface area contributed by atoms with Crippen LogP contribution in [0.2, 0.25) is 5.02 Å². The van der Waals surface area contributed by atoms with E-state index in [2.05, 4.69) is 24.4 Å². The third kappa shape index (κ3) is 4.45. The van der Waals surface area contributed by atoms with Gasteiger partial charge in [0, 0.05) is 24.3 Å². The average molecular weight is 319 g/mol. The Labute approximate surface area is 136 Å². The van der Waals surface area contributed by atoms with Crippen LogP contribution >= 0.6 is 23.8 Å². The lowest BCUT2D eigenvalue weighted by molar-refractivity contribution is 0.508. The minimum Gasteiger partial charge on any atom is -0.348 e. The summed E-state index contributed by atoms with van der Waals surface area (Å²) < 4.78 is 0.